The largest absolute Gasteiger partial charge is 0.341 e. The third kappa shape index (κ3) is 6.28. The smallest absolute Gasteiger partial charge is 0.251 e. The van der Waals surface area contributed by atoms with Crippen LogP contribution in [0.1, 0.15) is 15.9 Å². The molecule has 0 fully saturated rings. The first-order chi connectivity index (χ1) is 12.2. The van der Waals surface area contributed by atoms with Crippen LogP contribution in [-0.4, -0.2) is 35.1 Å². The monoisotopic (exact) mass is 354 g/mol. The fraction of sp³-hybridized carbons (Fsp3) is 0.222. The predicted octanol–water partition coefficient (Wildman–Crippen LogP) is 1.75. The number of aromatic nitrogens is 1. The molecule has 1 atom stereocenters. The van der Waals surface area contributed by atoms with Crippen LogP contribution in [0.2, 0.25) is 0 Å². The highest BCUT2D eigenvalue weighted by atomic mass is 32.2. The van der Waals surface area contributed by atoms with E-state index in [-0.39, 0.29) is 18.4 Å². The summed E-state index contributed by atoms with van der Waals surface area (Å²) in [5.41, 5.74) is 1.52. The second kappa shape index (κ2) is 10.1. The molecule has 0 saturated carbocycles. The summed E-state index contributed by atoms with van der Waals surface area (Å²) >= 11 is 1.51. The number of nitriles is 1. The van der Waals surface area contributed by atoms with Crippen molar-refractivity contribution in [1.82, 2.24) is 15.6 Å². The van der Waals surface area contributed by atoms with E-state index in [1.54, 1.807) is 36.7 Å². The maximum Gasteiger partial charge on any atom is 0.251 e. The lowest BCUT2D eigenvalue weighted by Gasteiger charge is -2.17. The summed E-state index contributed by atoms with van der Waals surface area (Å²) in [6.45, 7) is -0.0934. The molecule has 6 nitrogen and oxygen atoms in total. The summed E-state index contributed by atoms with van der Waals surface area (Å²) in [6.07, 6.45) is 3.46. The van der Waals surface area contributed by atoms with Gasteiger partial charge >= 0.3 is 0 Å². The summed E-state index contributed by atoms with van der Waals surface area (Å²) in [6, 6.07) is 13.6. The third-order valence-corrected chi connectivity index (χ3v) is 4.38. The van der Waals surface area contributed by atoms with Gasteiger partial charge in [0.25, 0.3) is 5.91 Å². The Balaban J connectivity index is 1.96. The van der Waals surface area contributed by atoms with Crippen molar-refractivity contribution in [1.29, 1.82) is 5.26 Å². The van der Waals surface area contributed by atoms with E-state index in [0.717, 1.165) is 5.56 Å². The van der Waals surface area contributed by atoms with Crippen LogP contribution in [0.15, 0.2) is 54.9 Å². The maximum absolute atomic E-state index is 12.3. The van der Waals surface area contributed by atoms with Gasteiger partial charge in [-0.05, 0) is 23.8 Å². The molecular weight excluding hydrogens is 336 g/mol. The first-order valence-electron chi connectivity index (χ1n) is 7.68. The van der Waals surface area contributed by atoms with E-state index in [4.69, 9.17) is 5.26 Å². The molecule has 1 aromatic heterocycles. The summed E-state index contributed by atoms with van der Waals surface area (Å²) in [5, 5.41) is 13.8. The number of nitrogens with one attached hydrogen (secondary N) is 2. The first kappa shape index (κ1) is 18.5. The standard InChI is InChI=1S/C18H18N4O2S/c19-8-10-21-18(24)16(13-25-12-14-5-4-9-20-11-14)22-17(23)15-6-2-1-3-7-15/h1-7,9,11,16H,10,12-13H2,(H,21,24)(H,22,23)/t16-/m0/s1. The molecule has 1 heterocycles. The Hall–Kier alpha value is -2.85. The van der Waals surface area contributed by atoms with Gasteiger partial charge < -0.3 is 10.6 Å². The van der Waals surface area contributed by atoms with Crippen LogP contribution >= 0.6 is 11.8 Å². The lowest BCUT2D eigenvalue weighted by molar-refractivity contribution is -0.122. The number of rotatable bonds is 8. The van der Waals surface area contributed by atoms with Crippen molar-refractivity contribution in [3.63, 3.8) is 0 Å². The van der Waals surface area contributed by atoms with Gasteiger partial charge in [-0.2, -0.15) is 17.0 Å². The Kier molecular flexibility index (Phi) is 7.47. The fourth-order valence-corrected chi connectivity index (χ4v) is 3.04. The Morgan fingerprint density at radius 2 is 2.00 bits per heavy atom. The second-order valence-corrected chi connectivity index (χ2v) is 6.17. The molecule has 0 spiro atoms. The normalized spacial score (nSPS) is 11.2. The van der Waals surface area contributed by atoms with E-state index in [1.165, 1.54) is 11.8 Å². The van der Waals surface area contributed by atoms with Gasteiger partial charge in [-0.1, -0.05) is 24.3 Å². The molecule has 2 aromatic rings. The van der Waals surface area contributed by atoms with Crippen LogP contribution in [0.3, 0.4) is 0 Å². The molecular formula is C18H18N4O2S. The third-order valence-electron chi connectivity index (χ3n) is 3.28. The molecule has 128 valence electrons. The first-order valence-corrected chi connectivity index (χ1v) is 8.83. The van der Waals surface area contributed by atoms with E-state index in [2.05, 4.69) is 15.6 Å². The highest BCUT2D eigenvalue weighted by Gasteiger charge is 2.21. The van der Waals surface area contributed by atoms with Crippen molar-refractivity contribution >= 4 is 23.6 Å². The Morgan fingerprint density at radius 1 is 1.20 bits per heavy atom. The van der Waals surface area contributed by atoms with Gasteiger partial charge in [-0.3, -0.25) is 14.6 Å². The van der Waals surface area contributed by atoms with Gasteiger partial charge in [-0.25, -0.2) is 0 Å². The van der Waals surface area contributed by atoms with E-state index in [1.807, 2.05) is 24.3 Å². The van der Waals surface area contributed by atoms with Crippen LogP contribution in [0, 0.1) is 11.3 Å². The van der Waals surface area contributed by atoms with E-state index in [9.17, 15) is 9.59 Å². The Labute approximate surface area is 150 Å². The lowest BCUT2D eigenvalue weighted by atomic mass is 10.2. The SMILES string of the molecule is N#CCNC(=O)[C@H](CSCc1cccnc1)NC(=O)c1ccccc1. The zero-order chi connectivity index (χ0) is 17.9. The van der Waals surface area contributed by atoms with Crippen molar-refractivity contribution in [2.75, 3.05) is 12.3 Å². The number of hydrogen-bond donors (Lipinski definition) is 2. The van der Waals surface area contributed by atoms with Crippen LogP contribution in [-0.2, 0) is 10.5 Å². The van der Waals surface area contributed by atoms with Gasteiger partial charge in [0.15, 0.2) is 0 Å². The minimum Gasteiger partial charge on any atom is -0.341 e. The van der Waals surface area contributed by atoms with E-state index >= 15 is 0 Å². The number of amides is 2. The predicted molar refractivity (Wildman–Crippen MR) is 96.7 cm³/mol. The quantitative estimate of drug-likeness (QED) is 0.704. The number of nitrogens with zero attached hydrogens (tertiary/aromatic N) is 2. The van der Waals surface area contributed by atoms with Crippen molar-refractivity contribution in [3.05, 3.63) is 66.0 Å². The minimum atomic E-state index is -0.720. The number of hydrogen-bond acceptors (Lipinski definition) is 5. The van der Waals surface area contributed by atoms with Gasteiger partial charge in [0, 0.05) is 29.5 Å². The fourth-order valence-electron chi connectivity index (χ4n) is 2.04. The molecule has 2 rings (SSSR count). The van der Waals surface area contributed by atoms with Gasteiger partial charge in [-0.15, -0.1) is 0 Å². The number of pyridine rings is 1. The molecule has 0 aliphatic rings. The topological polar surface area (TPSA) is 94.9 Å². The maximum atomic E-state index is 12.3. The Morgan fingerprint density at radius 3 is 2.68 bits per heavy atom. The summed E-state index contributed by atoms with van der Waals surface area (Å²) in [7, 11) is 0. The van der Waals surface area contributed by atoms with Crippen LogP contribution in [0.4, 0.5) is 0 Å². The summed E-state index contributed by atoms with van der Waals surface area (Å²) in [5.74, 6) is 0.381. The van der Waals surface area contributed by atoms with Gasteiger partial charge in [0.1, 0.15) is 12.6 Å². The molecule has 0 bridgehead atoms. The highest BCUT2D eigenvalue weighted by Crippen LogP contribution is 2.12. The molecule has 0 aliphatic carbocycles. The molecule has 0 unspecified atom stereocenters. The molecule has 0 saturated heterocycles. The average Bonchev–Trinajstić information content (AvgIpc) is 2.66. The van der Waals surface area contributed by atoms with Crippen LogP contribution in [0.25, 0.3) is 0 Å². The van der Waals surface area contributed by atoms with Crippen molar-refractivity contribution in [3.8, 4) is 6.07 Å². The molecule has 2 amide bonds. The number of thioether (sulfide) groups is 1. The van der Waals surface area contributed by atoms with Crippen LogP contribution < -0.4 is 10.6 Å². The number of carbonyl (C=O) groups excluding carboxylic acids is 2. The second-order valence-electron chi connectivity index (χ2n) is 5.14. The average molecular weight is 354 g/mol. The minimum absolute atomic E-state index is 0.0934. The van der Waals surface area contributed by atoms with Crippen molar-refractivity contribution in [2.24, 2.45) is 0 Å². The summed E-state index contributed by atoms with van der Waals surface area (Å²) < 4.78 is 0. The number of carbonyl (C=O) groups is 2. The molecule has 7 heteroatoms. The zero-order valence-corrected chi connectivity index (χ0v) is 14.3. The van der Waals surface area contributed by atoms with Gasteiger partial charge in [0.05, 0.1) is 6.07 Å². The summed E-state index contributed by atoms with van der Waals surface area (Å²) in [4.78, 5) is 28.5. The molecule has 1 aromatic carbocycles. The van der Waals surface area contributed by atoms with Crippen molar-refractivity contribution < 1.29 is 9.59 Å². The van der Waals surface area contributed by atoms with E-state index in [0.29, 0.717) is 17.1 Å². The molecule has 0 radical (unpaired) electrons. The number of benzene rings is 1. The van der Waals surface area contributed by atoms with Crippen LogP contribution in [0.5, 0.6) is 0 Å². The van der Waals surface area contributed by atoms with Gasteiger partial charge in [0.2, 0.25) is 5.91 Å². The zero-order valence-electron chi connectivity index (χ0n) is 13.5. The Bertz CT molecular complexity index is 732. The molecule has 2 N–H and O–H groups in total. The molecule has 0 aliphatic heterocycles. The van der Waals surface area contributed by atoms with Crippen molar-refractivity contribution in [2.45, 2.75) is 11.8 Å². The van der Waals surface area contributed by atoms with E-state index < -0.39 is 6.04 Å². The lowest BCUT2D eigenvalue weighted by Crippen LogP contribution is -2.48. The highest BCUT2D eigenvalue weighted by molar-refractivity contribution is 7.98. The molecule has 25 heavy (non-hydrogen) atoms.